The number of hydrogen-bond acceptors (Lipinski definition) is 2. The number of fused-ring (bicyclic) bond motifs is 3. The lowest BCUT2D eigenvalue weighted by atomic mass is 9.69. The number of nitrogens with zero attached hydrogens (tertiary/aromatic N) is 4. The molecule has 4 heterocycles. The highest BCUT2D eigenvalue weighted by atomic mass is 15.0. The summed E-state index contributed by atoms with van der Waals surface area (Å²) in [5, 5.41) is 0. The van der Waals surface area contributed by atoms with Crippen LogP contribution in [0, 0.1) is 0 Å². The maximum atomic E-state index is 4.57. The number of pyridine rings is 2. The van der Waals surface area contributed by atoms with E-state index >= 15 is 0 Å². The molecule has 4 heteroatoms. The van der Waals surface area contributed by atoms with Crippen LogP contribution in [0.4, 0.5) is 0 Å². The number of benzene rings is 2. The van der Waals surface area contributed by atoms with Crippen LogP contribution in [-0.2, 0) is 5.41 Å². The molecule has 2 aromatic carbocycles. The van der Waals surface area contributed by atoms with E-state index in [1.165, 1.54) is 33.4 Å². The standard InChI is InChI=1S/C31H22N4/c1-3-11-27-25(9-1)26-10-2-4-12-28(26)31(27,23-15-19-34(21-23)29-13-5-7-17-32-29)24-16-20-35(22-24)30-14-6-8-18-33-30/h1-22H. The number of rotatable bonds is 4. The zero-order chi connectivity index (χ0) is 23.2. The third-order valence-corrected chi connectivity index (χ3v) is 7.03. The number of aromatic nitrogens is 4. The lowest BCUT2D eigenvalue weighted by molar-refractivity contribution is 0.765. The normalized spacial score (nSPS) is 13.4. The van der Waals surface area contributed by atoms with Crippen LogP contribution in [0.1, 0.15) is 22.3 Å². The van der Waals surface area contributed by atoms with Crippen LogP contribution >= 0.6 is 0 Å². The Morgan fingerprint density at radius 3 is 1.40 bits per heavy atom. The molecule has 0 aliphatic heterocycles. The number of hydrogen-bond donors (Lipinski definition) is 0. The molecule has 0 spiro atoms. The van der Waals surface area contributed by atoms with Gasteiger partial charge in [-0.15, -0.1) is 0 Å². The molecule has 0 fully saturated rings. The Balaban J connectivity index is 1.52. The molecule has 0 radical (unpaired) electrons. The van der Waals surface area contributed by atoms with Crippen molar-refractivity contribution >= 4 is 0 Å². The monoisotopic (exact) mass is 450 g/mol. The van der Waals surface area contributed by atoms with Gasteiger partial charge in [0.25, 0.3) is 0 Å². The van der Waals surface area contributed by atoms with Gasteiger partial charge in [-0.2, -0.15) is 0 Å². The third kappa shape index (κ3) is 2.87. The van der Waals surface area contributed by atoms with Crippen LogP contribution < -0.4 is 0 Å². The first kappa shape index (κ1) is 19.7. The van der Waals surface area contributed by atoms with Crippen LogP contribution in [0.3, 0.4) is 0 Å². The second kappa shape index (κ2) is 7.67. The SMILES string of the molecule is c1ccc(-n2ccc(C3(c4ccn(-c5ccccn5)c4)c4ccccc4-c4ccccc43)c2)nc1. The molecule has 7 rings (SSSR count). The van der Waals surface area contributed by atoms with E-state index < -0.39 is 5.41 Å². The average Bonchev–Trinajstić information content (AvgIpc) is 3.67. The summed E-state index contributed by atoms with van der Waals surface area (Å²) >= 11 is 0. The van der Waals surface area contributed by atoms with Gasteiger partial charge in [-0.25, -0.2) is 9.97 Å². The Hall–Kier alpha value is -4.70. The van der Waals surface area contributed by atoms with E-state index in [0.29, 0.717) is 0 Å². The highest BCUT2D eigenvalue weighted by Gasteiger charge is 2.46. The molecule has 1 aliphatic carbocycles. The van der Waals surface area contributed by atoms with E-state index in [2.05, 4.69) is 105 Å². The quantitative estimate of drug-likeness (QED) is 0.310. The summed E-state index contributed by atoms with van der Waals surface area (Å²) < 4.78 is 4.22. The van der Waals surface area contributed by atoms with Gasteiger partial charge < -0.3 is 9.13 Å². The lowest BCUT2D eigenvalue weighted by Crippen LogP contribution is -2.27. The summed E-state index contributed by atoms with van der Waals surface area (Å²) in [6, 6.07) is 34.0. The van der Waals surface area contributed by atoms with Gasteiger partial charge in [-0.05, 0) is 69.8 Å². The van der Waals surface area contributed by atoms with Crippen molar-refractivity contribution in [3.8, 4) is 22.8 Å². The van der Waals surface area contributed by atoms with E-state index in [-0.39, 0.29) is 0 Å². The maximum absolute atomic E-state index is 4.57. The highest BCUT2D eigenvalue weighted by molar-refractivity contribution is 5.86. The van der Waals surface area contributed by atoms with Crippen LogP contribution in [-0.4, -0.2) is 19.1 Å². The first-order chi connectivity index (χ1) is 17.4. The smallest absolute Gasteiger partial charge is 0.136 e. The Morgan fingerprint density at radius 1 is 0.486 bits per heavy atom. The molecule has 166 valence electrons. The summed E-state index contributed by atoms with van der Waals surface area (Å²) in [6.07, 6.45) is 12.3. The zero-order valence-electron chi connectivity index (χ0n) is 19.0. The van der Waals surface area contributed by atoms with Gasteiger partial charge >= 0.3 is 0 Å². The van der Waals surface area contributed by atoms with Crippen molar-refractivity contribution in [2.45, 2.75) is 5.41 Å². The molecule has 0 saturated carbocycles. The van der Waals surface area contributed by atoms with Crippen LogP contribution in [0.15, 0.2) is 134 Å². The summed E-state index contributed by atoms with van der Waals surface area (Å²) in [4.78, 5) is 9.13. The van der Waals surface area contributed by atoms with Crippen molar-refractivity contribution in [2.75, 3.05) is 0 Å². The van der Waals surface area contributed by atoms with E-state index in [4.69, 9.17) is 0 Å². The van der Waals surface area contributed by atoms with Gasteiger partial charge in [-0.1, -0.05) is 60.7 Å². The first-order valence-electron chi connectivity index (χ1n) is 11.7. The van der Waals surface area contributed by atoms with Gasteiger partial charge in [0.2, 0.25) is 0 Å². The minimum atomic E-state index is -0.451. The van der Waals surface area contributed by atoms with E-state index in [1.807, 2.05) is 48.8 Å². The molecule has 0 N–H and O–H groups in total. The van der Waals surface area contributed by atoms with Gasteiger partial charge in [0, 0.05) is 37.2 Å². The molecule has 6 aromatic rings. The fraction of sp³-hybridized carbons (Fsp3) is 0.0323. The fourth-order valence-corrected chi connectivity index (χ4v) is 5.56. The molecule has 0 atom stereocenters. The Labute approximate surface area is 203 Å². The molecule has 0 unspecified atom stereocenters. The summed E-state index contributed by atoms with van der Waals surface area (Å²) in [7, 11) is 0. The van der Waals surface area contributed by atoms with Gasteiger partial charge in [0.1, 0.15) is 11.6 Å². The average molecular weight is 451 g/mol. The van der Waals surface area contributed by atoms with Gasteiger partial charge in [-0.3, -0.25) is 0 Å². The molecular formula is C31H22N4. The summed E-state index contributed by atoms with van der Waals surface area (Å²) in [6.45, 7) is 0. The van der Waals surface area contributed by atoms with E-state index in [0.717, 1.165) is 11.6 Å². The largest absolute Gasteiger partial charge is 0.308 e. The molecule has 0 amide bonds. The molecule has 35 heavy (non-hydrogen) atoms. The van der Waals surface area contributed by atoms with Crippen molar-refractivity contribution in [1.82, 2.24) is 19.1 Å². The molecule has 1 aliphatic rings. The second-order valence-corrected chi connectivity index (χ2v) is 8.83. The van der Waals surface area contributed by atoms with E-state index in [1.54, 1.807) is 0 Å². The summed E-state index contributed by atoms with van der Waals surface area (Å²) in [5.74, 6) is 1.80. The predicted molar refractivity (Wildman–Crippen MR) is 138 cm³/mol. The van der Waals surface area contributed by atoms with Gasteiger partial charge in [0.05, 0.1) is 5.41 Å². The van der Waals surface area contributed by atoms with Crippen molar-refractivity contribution in [1.29, 1.82) is 0 Å². The fourth-order valence-electron chi connectivity index (χ4n) is 5.56. The minimum absolute atomic E-state index is 0.451. The van der Waals surface area contributed by atoms with Crippen LogP contribution in [0.25, 0.3) is 22.8 Å². The minimum Gasteiger partial charge on any atom is -0.308 e. The van der Waals surface area contributed by atoms with Crippen molar-refractivity contribution in [3.05, 3.63) is 156 Å². The topological polar surface area (TPSA) is 35.6 Å². The first-order valence-corrected chi connectivity index (χ1v) is 11.7. The third-order valence-electron chi connectivity index (χ3n) is 7.03. The second-order valence-electron chi connectivity index (χ2n) is 8.83. The van der Waals surface area contributed by atoms with E-state index in [9.17, 15) is 0 Å². The maximum Gasteiger partial charge on any atom is 0.136 e. The van der Waals surface area contributed by atoms with Crippen molar-refractivity contribution in [2.24, 2.45) is 0 Å². The van der Waals surface area contributed by atoms with Gasteiger partial charge in [0.15, 0.2) is 0 Å². The molecule has 0 saturated heterocycles. The van der Waals surface area contributed by atoms with Crippen molar-refractivity contribution < 1.29 is 0 Å². The molecule has 4 nitrogen and oxygen atoms in total. The van der Waals surface area contributed by atoms with Crippen molar-refractivity contribution in [3.63, 3.8) is 0 Å². The molecule has 4 aromatic heterocycles. The van der Waals surface area contributed by atoms with Crippen LogP contribution in [0.5, 0.6) is 0 Å². The summed E-state index contributed by atoms with van der Waals surface area (Å²) in [5.41, 5.74) is 7.10. The van der Waals surface area contributed by atoms with Crippen LogP contribution in [0.2, 0.25) is 0 Å². The zero-order valence-corrected chi connectivity index (χ0v) is 19.0. The molecule has 0 bridgehead atoms. The molecular weight excluding hydrogens is 428 g/mol. The highest BCUT2D eigenvalue weighted by Crippen LogP contribution is 2.56. The lowest BCUT2D eigenvalue weighted by Gasteiger charge is -2.31. The Kier molecular flexibility index (Phi) is 4.33. The Morgan fingerprint density at radius 2 is 0.943 bits per heavy atom. The predicted octanol–water partition coefficient (Wildman–Crippen LogP) is 6.42. The Bertz CT molecular complexity index is 1520.